The lowest BCUT2D eigenvalue weighted by Gasteiger charge is -2.38. The van der Waals surface area contributed by atoms with Gasteiger partial charge in [-0.3, -0.25) is 9.69 Å². The third-order valence-corrected chi connectivity index (χ3v) is 7.41. The molecular formula is C32H40N2O7. The van der Waals surface area contributed by atoms with Gasteiger partial charge in [0.1, 0.15) is 5.75 Å². The monoisotopic (exact) mass is 564 g/mol. The third-order valence-electron chi connectivity index (χ3n) is 7.41. The van der Waals surface area contributed by atoms with Crippen molar-refractivity contribution >= 4 is 5.91 Å². The summed E-state index contributed by atoms with van der Waals surface area (Å²) in [5.74, 6) is 3.78. The molecule has 4 rings (SSSR count). The van der Waals surface area contributed by atoms with Crippen LogP contribution < -0.4 is 33.7 Å². The number of nitrogens with zero attached hydrogens (tertiary/aromatic N) is 1. The normalized spacial score (nSPS) is 14.5. The van der Waals surface area contributed by atoms with E-state index in [-0.39, 0.29) is 18.5 Å². The zero-order chi connectivity index (χ0) is 29.4. The topological polar surface area (TPSA) is 87.7 Å². The van der Waals surface area contributed by atoms with E-state index in [0.29, 0.717) is 54.9 Å². The van der Waals surface area contributed by atoms with Crippen molar-refractivity contribution in [3.8, 4) is 34.5 Å². The fourth-order valence-electron chi connectivity index (χ4n) is 5.42. The van der Waals surface area contributed by atoms with Crippen molar-refractivity contribution in [2.75, 3.05) is 55.2 Å². The molecular weight excluding hydrogens is 524 g/mol. The van der Waals surface area contributed by atoms with Crippen LogP contribution in [0.1, 0.15) is 35.2 Å². The molecule has 9 heteroatoms. The molecule has 220 valence electrons. The number of rotatable bonds is 13. The van der Waals surface area contributed by atoms with Crippen molar-refractivity contribution < 1.29 is 33.2 Å². The van der Waals surface area contributed by atoms with Gasteiger partial charge in [-0.15, -0.1) is 0 Å². The Morgan fingerprint density at radius 1 is 0.829 bits per heavy atom. The summed E-state index contributed by atoms with van der Waals surface area (Å²) >= 11 is 0. The lowest BCUT2D eigenvalue weighted by atomic mass is 9.87. The summed E-state index contributed by atoms with van der Waals surface area (Å²) in [4.78, 5) is 15.5. The van der Waals surface area contributed by atoms with Crippen LogP contribution in [0.2, 0.25) is 0 Å². The second-order valence-electron chi connectivity index (χ2n) is 9.66. The Hall–Kier alpha value is -4.11. The fourth-order valence-corrected chi connectivity index (χ4v) is 5.42. The molecule has 1 N–H and O–H groups in total. The average Bonchev–Trinajstić information content (AvgIpc) is 3.00. The summed E-state index contributed by atoms with van der Waals surface area (Å²) < 4.78 is 33.9. The van der Waals surface area contributed by atoms with E-state index in [1.54, 1.807) is 35.5 Å². The molecule has 9 nitrogen and oxygen atoms in total. The highest BCUT2D eigenvalue weighted by atomic mass is 16.5. The molecule has 0 saturated carbocycles. The average molecular weight is 565 g/mol. The van der Waals surface area contributed by atoms with E-state index in [2.05, 4.69) is 10.2 Å². The predicted molar refractivity (Wildman–Crippen MR) is 157 cm³/mol. The molecule has 1 aliphatic rings. The second-order valence-corrected chi connectivity index (χ2v) is 9.66. The first kappa shape index (κ1) is 29.9. The van der Waals surface area contributed by atoms with Crippen LogP contribution in [0.25, 0.3) is 0 Å². The maximum atomic E-state index is 13.3. The lowest BCUT2D eigenvalue weighted by molar-refractivity contribution is -0.123. The van der Waals surface area contributed by atoms with Gasteiger partial charge in [-0.05, 0) is 55.2 Å². The second kappa shape index (κ2) is 14.0. The molecule has 0 bridgehead atoms. The molecule has 1 atom stereocenters. The van der Waals surface area contributed by atoms with Gasteiger partial charge >= 0.3 is 0 Å². The number of amides is 1. The van der Waals surface area contributed by atoms with Crippen molar-refractivity contribution in [3.05, 3.63) is 70.8 Å². The summed E-state index contributed by atoms with van der Waals surface area (Å²) in [7, 11) is 8.08. The highest BCUT2D eigenvalue weighted by molar-refractivity contribution is 5.78. The van der Waals surface area contributed by atoms with Crippen LogP contribution in [0.15, 0.2) is 48.5 Å². The molecule has 1 unspecified atom stereocenters. The Morgan fingerprint density at radius 2 is 1.54 bits per heavy atom. The molecule has 0 aliphatic carbocycles. The van der Waals surface area contributed by atoms with Gasteiger partial charge in [-0.2, -0.15) is 0 Å². The Morgan fingerprint density at radius 3 is 2.22 bits per heavy atom. The van der Waals surface area contributed by atoms with Gasteiger partial charge in [0.05, 0.1) is 48.7 Å². The zero-order valence-corrected chi connectivity index (χ0v) is 24.7. The van der Waals surface area contributed by atoms with Gasteiger partial charge in [0, 0.05) is 30.3 Å². The number of ether oxygens (including phenoxy) is 6. The molecule has 0 aromatic heterocycles. The largest absolute Gasteiger partial charge is 0.494 e. The minimum absolute atomic E-state index is 0.0653. The summed E-state index contributed by atoms with van der Waals surface area (Å²) in [6, 6.07) is 15.5. The zero-order valence-electron chi connectivity index (χ0n) is 24.7. The van der Waals surface area contributed by atoms with E-state index >= 15 is 0 Å². The number of carbonyl (C=O) groups excluding carboxylic acids is 1. The number of hydrogen-bond donors (Lipinski definition) is 1. The van der Waals surface area contributed by atoms with E-state index in [1.165, 1.54) is 0 Å². The van der Waals surface area contributed by atoms with Crippen LogP contribution >= 0.6 is 0 Å². The first-order chi connectivity index (χ1) is 20.0. The first-order valence-corrected chi connectivity index (χ1v) is 13.7. The van der Waals surface area contributed by atoms with Gasteiger partial charge in [-0.1, -0.05) is 24.3 Å². The maximum Gasteiger partial charge on any atom is 0.234 e. The Labute approximate surface area is 242 Å². The molecule has 0 radical (unpaired) electrons. The Kier molecular flexibility index (Phi) is 10.2. The van der Waals surface area contributed by atoms with Gasteiger partial charge < -0.3 is 33.7 Å². The molecule has 3 aromatic carbocycles. The minimum atomic E-state index is -0.132. The molecule has 1 heterocycles. The quantitative estimate of drug-likeness (QED) is 0.323. The van der Waals surface area contributed by atoms with Crippen LogP contribution in [0.4, 0.5) is 0 Å². The van der Waals surface area contributed by atoms with E-state index in [1.807, 2.05) is 55.5 Å². The molecule has 1 aliphatic heterocycles. The maximum absolute atomic E-state index is 13.3. The number of benzene rings is 3. The van der Waals surface area contributed by atoms with Gasteiger partial charge in [-0.25, -0.2) is 0 Å². The first-order valence-electron chi connectivity index (χ1n) is 13.7. The third kappa shape index (κ3) is 6.62. The number of methoxy groups -OCH3 is 5. The van der Waals surface area contributed by atoms with Crippen LogP contribution in [-0.2, 0) is 24.2 Å². The van der Waals surface area contributed by atoms with E-state index in [4.69, 9.17) is 28.4 Å². The van der Waals surface area contributed by atoms with Gasteiger partial charge in [0.25, 0.3) is 0 Å². The van der Waals surface area contributed by atoms with Gasteiger partial charge in [0.2, 0.25) is 11.7 Å². The molecule has 0 spiro atoms. The van der Waals surface area contributed by atoms with Crippen LogP contribution in [0.5, 0.6) is 34.5 Å². The summed E-state index contributed by atoms with van der Waals surface area (Å²) in [5.41, 5.74) is 4.12. The predicted octanol–water partition coefficient (Wildman–Crippen LogP) is 4.59. The van der Waals surface area contributed by atoms with Crippen molar-refractivity contribution in [3.63, 3.8) is 0 Å². The highest BCUT2D eigenvalue weighted by Crippen LogP contribution is 2.44. The van der Waals surface area contributed by atoms with Crippen molar-refractivity contribution in [2.45, 2.75) is 32.4 Å². The Bertz CT molecular complexity index is 1340. The number of nitrogens with one attached hydrogen (secondary N) is 1. The standard InChI is InChI=1S/C32H40N2O7/c1-7-41-26-11-9-8-10-23(26)19-33-30(35)20-34-15-14-21-17-28(37-3)29(38-4)18-24(21)25(34)16-22-12-13-27(36-2)32(40-6)31(22)39-5/h8-13,17-18,25H,7,14-16,19-20H2,1-6H3,(H,33,35). The van der Waals surface area contributed by atoms with Crippen molar-refractivity contribution in [2.24, 2.45) is 0 Å². The molecule has 41 heavy (non-hydrogen) atoms. The molecule has 0 fully saturated rings. The summed E-state index contributed by atoms with van der Waals surface area (Å²) in [5, 5.41) is 3.08. The number of para-hydroxylation sites is 1. The van der Waals surface area contributed by atoms with Gasteiger partial charge in [0.15, 0.2) is 23.0 Å². The van der Waals surface area contributed by atoms with Crippen molar-refractivity contribution in [1.82, 2.24) is 10.2 Å². The molecule has 1 amide bonds. The smallest absolute Gasteiger partial charge is 0.234 e. The number of hydrogen-bond acceptors (Lipinski definition) is 8. The summed E-state index contributed by atoms with van der Waals surface area (Å²) in [6.07, 6.45) is 1.35. The van der Waals surface area contributed by atoms with Crippen LogP contribution in [0, 0.1) is 0 Å². The fraction of sp³-hybridized carbons (Fsp3) is 0.406. The minimum Gasteiger partial charge on any atom is -0.494 e. The summed E-state index contributed by atoms with van der Waals surface area (Å²) in [6.45, 7) is 3.82. The highest BCUT2D eigenvalue weighted by Gasteiger charge is 2.32. The van der Waals surface area contributed by atoms with E-state index in [9.17, 15) is 4.79 Å². The SMILES string of the molecule is CCOc1ccccc1CNC(=O)CN1CCc2cc(OC)c(OC)cc2C1Cc1ccc(OC)c(OC)c1OC. The Balaban J connectivity index is 1.64. The molecule has 0 saturated heterocycles. The lowest BCUT2D eigenvalue weighted by Crippen LogP contribution is -2.43. The number of carbonyl (C=O) groups is 1. The molecule has 3 aromatic rings. The van der Waals surface area contributed by atoms with Crippen molar-refractivity contribution in [1.29, 1.82) is 0 Å². The van der Waals surface area contributed by atoms with Crippen LogP contribution in [-0.4, -0.2) is 66.1 Å². The van der Waals surface area contributed by atoms with E-state index in [0.717, 1.165) is 34.4 Å². The van der Waals surface area contributed by atoms with Crippen LogP contribution in [0.3, 0.4) is 0 Å². The van der Waals surface area contributed by atoms with E-state index < -0.39 is 0 Å². The number of fused-ring (bicyclic) bond motifs is 1.